The van der Waals surface area contributed by atoms with Crippen molar-refractivity contribution < 1.29 is 4.79 Å². The minimum Gasteiger partial charge on any atom is -0.384 e. The van der Waals surface area contributed by atoms with Crippen molar-refractivity contribution in [3.63, 3.8) is 0 Å². The molecule has 0 radical (unpaired) electrons. The average Bonchev–Trinajstić information content (AvgIpc) is 3.15. The van der Waals surface area contributed by atoms with Gasteiger partial charge in [0.15, 0.2) is 5.65 Å². The molecule has 2 N–H and O–H groups in total. The number of nitrogens with two attached hydrogens (primary N) is 1. The molecule has 0 aromatic carbocycles. The van der Waals surface area contributed by atoms with Gasteiger partial charge in [-0.05, 0) is 25.0 Å². The minimum atomic E-state index is 0.253. The number of pyridine rings is 1. The van der Waals surface area contributed by atoms with Gasteiger partial charge >= 0.3 is 0 Å². The van der Waals surface area contributed by atoms with Gasteiger partial charge in [0.25, 0.3) is 0 Å². The number of rotatable bonds is 2. The molecule has 0 unspecified atom stereocenters. The van der Waals surface area contributed by atoms with Crippen molar-refractivity contribution in [2.45, 2.75) is 25.7 Å². The maximum absolute atomic E-state index is 12.6. The number of nitrogen functional groups attached to an aromatic ring is 1. The fraction of sp³-hybridized carbons (Fsp3) is 0.529. The number of hydrogen-bond donors (Lipinski definition) is 1. The number of piperazine rings is 1. The normalized spacial score (nSPS) is 19.2. The number of anilines is 2. The number of amides is 1. The van der Waals surface area contributed by atoms with Crippen molar-refractivity contribution in [2.24, 2.45) is 5.92 Å². The third-order valence-electron chi connectivity index (χ3n) is 5.09. The summed E-state index contributed by atoms with van der Waals surface area (Å²) in [5, 5.41) is 0.905. The highest BCUT2D eigenvalue weighted by Gasteiger charge is 2.30. The zero-order valence-electron chi connectivity index (χ0n) is 13.7. The molecule has 2 aromatic rings. The summed E-state index contributed by atoms with van der Waals surface area (Å²) < 4.78 is 0. The molecule has 2 aromatic heterocycles. The van der Waals surface area contributed by atoms with Gasteiger partial charge in [-0.1, -0.05) is 12.8 Å². The molecule has 0 spiro atoms. The molecule has 0 atom stereocenters. The minimum absolute atomic E-state index is 0.253. The van der Waals surface area contributed by atoms with Crippen molar-refractivity contribution >= 4 is 28.6 Å². The van der Waals surface area contributed by atoms with Crippen molar-refractivity contribution in [2.75, 3.05) is 36.8 Å². The molecule has 3 heterocycles. The molecule has 7 nitrogen and oxygen atoms in total. The van der Waals surface area contributed by atoms with Gasteiger partial charge in [0.1, 0.15) is 18.0 Å². The van der Waals surface area contributed by atoms with E-state index in [1.54, 1.807) is 6.07 Å². The lowest BCUT2D eigenvalue weighted by molar-refractivity contribution is -0.135. The van der Waals surface area contributed by atoms with E-state index in [2.05, 4.69) is 19.9 Å². The smallest absolute Gasteiger partial charge is 0.225 e. The fourth-order valence-electron chi connectivity index (χ4n) is 3.77. The van der Waals surface area contributed by atoms with Gasteiger partial charge in [0.05, 0.1) is 5.39 Å². The Morgan fingerprint density at radius 1 is 1.08 bits per heavy atom. The highest BCUT2D eigenvalue weighted by molar-refractivity contribution is 5.88. The molecule has 1 aliphatic heterocycles. The van der Waals surface area contributed by atoms with Gasteiger partial charge in [-0.25, -0.2) is 15.0 Å². The van der Waals surface area contributed by atoms with E-state index in [0.29, 0.717) is 17.4 Å². The van der Waals surface area contributed by atoms with E-state index in [1.165, 1.54) is 19.2 Å². The van der Waals surface area contributed by atoms with Crippen LogP contribution in [0.5, 0.6) is 0 Å². The zero-order chi connectivity index (χ0) is 16.5. The first-order chi connectivity index (χ1) is 11.7. The monoisotopic (exact) mass is 326 g/mol. The van der Waals surface area contributed by atoms with Crippen LogP contribution in [0.15, 0.2) is 18.5 Å². The second-order valence-corrected chi connectivity index (χ2v) is 6.60. The second kappa shape index (κ2) is 6.22. The first-order valence-corrected chi connectivity index (χ1v) is 8.63. The number of aromatic nitrogens is 3. The molecule has 2 fully saturated rings. The number of carbonyl (C=O) groups is 1. The molecule has 1 saturated carbocycles. The van der Waals surface area contributed by atoms with E-state index in [9.17, 15) is 4.79 Å². The van der Waals surface area contributed by atoms with Crippen LogP contribution in [0.25, 0.3) is 11.0 Å². The van der Waals surface area contributed by atoms with Crippen LogP contribution in [0.1, 0.15) is 25.7 Å². The van der Waals surface area contributed by atoms with Gasteiger partial charge in [-0.3, -0.25) is 4.79 Å². The first-order valence-electron chi connectivity index (χ1n) is 8.63. The Balaban J connectivity index is 1.49. The van der Waals surface area contributed by atoms with Crippen LogP contribution in [0.4, 0.5) is 11.6 Å². The van der Waals surface area contributed by atoms with Crippen LogP contribution in [0, 0.1) is 5.92 Å². The summed E-state index contributed by atoms with van der Waals surface area (Å²) in [4.78, 5) is 29.7. The predicted molar refractivity (Wildman–Crippen MR) is 92.5 cm³/mol. The average molecular weight is 326 g/mol. The van der Waals surface area contributed by atoms with Crippen molar-refractivity contribution in [3.05, 3.63) is 18.5 Å². The van der Waals surface area contributed by atoms with E-state index in [1.807, 2.05) is 11.0 Å². The third kappa shape index (κ3) is 2.74. The number of hydrogen-bond acceptors (Lipinski definition) is 6. The SMILES string of the molecule is Nc1ccc2c(N3CCN(C(=O)C4CCCC4)CC3)ncnc2n1. The second-order valence-electron chi connectivity index (χ2n) is 6.60. The lowest BCUT2D eigenvalue weighted by atomic mass is 10.1. The third-order valence-corrected chi connectivity index (χ3v) is 5.09. The molecule has 2 aliphatic rings. The van der Waals surface area contributed by atoms with E-state index >= 15 is 0 Å². The molecular formula is C17H22N6O. The molecule has 24 heavy (non-hydrogen) atoms. The van der Waals surface area contributed by atoms with Crippen molar-refractivity contribution in [3.8, 4) is 0 Å². The molecule has 4 rings (SSSR count). The molecule has 0 bridgehead atoms. The molecule has 1 saturated heterocycles. The number of nitrogens with zero attached hydrogens (tertiary/aromatic N) is 5. The standard InChI is InChI=1S/C17H22N6O/c18-14-6-5-13-15(21-14)19-11-20-16(13)22-7-9-23(10-8-22)17(24)12-3-1-2-4-12/h5-6,11-12H,1-4,7-10H2,(H2,18,19,20,21). The summed E-state index contributed by atoms with van der Waals surface area (Å²) in [6, 6.07) is 3.69. The first kappa shape index (κ1) is 15.1. The summed E-state index contributed by atoms with van der Waals surface area (Å²) in [6.45, 7) is 3.08. The lowest BCUT2D eigenvalue weighted by Crippen LogP contribution is -2.50. The quantitative estimate of drug-likeness (QED) is 0.898. The van der Waals surface area contributed by atoms with Gasteiger partial charge in [0, 0.05) is 32.1 Å². The highest BCUT2D eigenvalue weighted by Crippen LogP contribution is 2.28. The van der Waals surface area contributed by atoms with Crippen LogP contribution in [0.2, 0.25) is 0 Å². The van der Waals surface area contributed by atoms with Crippen LogP contribution >= 0.6 is 0 Å². The van der Waals surface area contributed by atoms with Crippen molar-refractivity contribution in [1.29, 1.82) is 0 Å². The summed E-state index contributed by atoms with van der Waals surface area (Å²) in [5.41, 5.74) is 6.35. The molecule has 7 heteroatoms. The Hall–Kier alpha value is -2.44. The Bertz CT molecular complexity index is 750. The Morgan fingerprint density at radius 2 is 1.83 bits per heavy atom. The van der Waals surface area contributed by atoms with E-state index in [-0.39, 0.29) is 5.92 Å². The van der Waals surface area contributed by atoms with Crippen LogP contribution < -0.4 is 10.6 Å². The maximum atomic E-state index is 12.6. The van der Waals surface area contributed by atoms with Gasteiger partial charge < -0.3 is 15.5 Å². The summed E-state index contributed by atoms with van der Waals surface area (Å²) in [7, 11) is 0. The number of carbonyl (C=O) groups excluding carboxylic acids is 1. The van der Waals surface area contributed by atoms with Gasteiger partial charge in [-0.2, -0.15) is 0 Å². The Kier molecular flexibility index (Phi) is 3.92. The fourth-order valence-corrected chi connectivity index (χ4v) is 3.77. The van der Waals surface area contributed by atoms with E-state index in [0.717, 1.165) is 50.2 Å². The van der Waals surface area contributed by atoms with E-state index < -0.39 is 0 Å². The Labute approximate surface area is 140 Å². The zero-order valence-corrected chi connectivity index (χ0v) is 13.7. The van der Waals surface area contributed by atoms with E-state index in [4.69, 9.17) is 5.73 Å². The number of fused-ring (bicyclic) bond motifs is 1. The van der Waals surface area contributed by atoms with Crippen molar-refractivity contribution in [1.82, 2.24) is 19.9 Å². The summed E-state index contributed by atoms with van der Waals surface area (Å²) in [6.07, 6.45) is 6.03. The molecular weight excluding hydrogens is 304 g/mol. The molecule has 126 valence electrons. The van der Waals surface area contributed by atoms with Gasteiger partial charge in [0.2, 0.25) is 5.91 Å². The maximum Gasteiger partial charge on any atom is 0.225 e. The van der Waals surface area contributed by atoms with Crippen LogP contribution in [-0.4, -0.2) is 51.9 Å². The Morgan fingerprint density at radius 3 is 2.58 bits per heavy atom. The van der Waals surface area contributed by atoms with Crippen LogP contribution in [0.3, 0.4) is 0 Å². The largest absolute Gasteiger partial charge is 0.384 e. The molecule has 1 aliphatic carbocycles. The van der Waals surface area contributed by atoms with Gasteiger partial charge in [-0.15, -0.1) is 0 Å². The highest BCUT2D eigenvalue weighted by atomic mass is 16.2. The predicted octanol–water partition coefficient (Wildman–Crippen LogP) is 1.45. The van der Waals surface area contributed by atoms with Crippen LogP contribution in [-0.2, 0) is 4.79 Å². The summed E-state index contributed by atoms with van der Waals surface area (Å²) in [5.74, 6) is 1.93. The molecule has 1 amide bonds. The summed E-state index contributed by atoms with van der Waals surface area (Å²) >= 11 is 0. The topological polar surface area (TPSA) is 88.2 Å². The lowest BCUT2D eigenvalue weighted by Gasteiger charge is -2.36.